The minimum atomic E-state index is -0.171. The van der Waals surface area contributed by atoms with E-state index in [0.29, 0.717) is 11.4 Å². The van der Waals surface area contributed by atoms with Crippen LogP contribution in [0.4, 0.5) is 17.1 Å². The molecule has 0 aromatic heterocycles. The van der Waals surface area contributed by atoms with Crippen LogP contribution in [-0.2, 0) is 9.59 Å². The van der Waals surface area contributed by atoms with Gasteiger partial charge in [0.25, 0.3) is 0 Å². The minimum Gasteiger partial charge on any atom is -0.274 e. The summed E-state index contributed by atoms with van der Waals surface area (Å²) in [5.41, 5.74) is 2.07. The van der Waals surface area contributed by atoms with Crippen molar-refractivity contribution in [1.82, 2.24) is 0 Å². The van der Waals surface area contributed by atoms with Gasteiger partial charge in [-0.25, -0.2) is 0 Å². The van der Waals surface area contributed by atoms with Crippen LogP contribution in [0, 0.1) is 23.7 Å². The highest BCUT2D eigenvalue weighted by atomic mass is 16.2. The lowest BCUT2D eigenvalue weighted by atomic mass is 9.85. The summed E-state index contributed by atoms with van der Waals surface area (Å²) in [5, 5.41) is 8.38. The Bertz CT molecular complexity index is 903. The minimum absolute atomic E-state index is 0.0597. The van der Waals surface area contributed by atoms with Gasteiger partial charge in [0, 0.05) is 0 Å². The van der Waals surface area contributed by atoms with E-state index in [9.17, 15) is 9.59 Å². The summed E-state index contributed by atoms with van der Waals surface area (Å²) in [6.07, 6.45) is 5.15. The first-order chi connectivity index (χ1) is 12.7. The van der Waals surface area contributed by atoms with Gasteiger partial charge in [0.05, 0.1) is 28.9 Å². The van der Waals surface area contributed by atoms with Crippen molar-refractivity contribution in [2.45, 2.75) is 6.42 Å². The zero-order chi connectivity index (χ0) is 17.7. The summed E-state index contributed by atoms with van der Waals surface area (Å²) in [5.74, 6) is -0.00768. The molecule has 2 amide bonds. The van der Waals surface area contributed by atoms with E-state index in [0.717, 1.165) is 12.1 Å². The third-order valence-electron chi connectivity index (χ3n) is 5.62. The predicted octanol–water partition coefficient (Wildman–Crippen LogP) is 4.41. The standard InChI is InChI=1S/C21H17N3O2/c25-20-18-13-6-7-14(12-13)19(18)21(26)24(20)17-10-8-16(9-11-17)23-22-15-4-2-1-3-5-15/h1-11,13-14,18-19H,12H2/t13-,14-,18+,19+/m0/s1. The largest absolute Gasteiger partial charge is 0.274 e. The molecule has 128 valence electrons. The lowest BCUT2D eigenvalue weighted by Gasteiger charge is -2.17. The molecular weight excluding hydrogens is 326 g/mol. The van der Waals surface area contributed by atoms with Crippen molar-refractivity contribution in [3.8, 4) is 0 Å². The Morgan fingerprint density at radius 1 is 0.731 bits per heavy atom. The predicted molar refractivity (Wildman–Crippen MR) is 97.3 cm³/mol. The third kappa shape index (κ3) is 2.24. The Morgan fingerprint density at radius 3 is 1.85 bits per heavy atom. The molecule has 1 saturated heterocycles. The maximum Gasteiger partial charge on any atom is 0.238 e. The molecule has 1 aliphatic heterocycles. The van der Waals surface area contributed by atoms with Gasteiger partial charge in [-0.3, -0.25) is 14.5 Å². The van der Waals surface area contributed by atoms with Crippen molar-refractivity contribution < 1.29 is 9.59 Å². The van der Waals surface area contributed by atoms with E-state index in [1.54, 1.807) is 24.3 Å². The van der Waals surface area contributed by atoms with Gasteiger partial charge in [-0.05, 0) is 54.7 Å². The fraction of sp³-hybridized carbons (Fsp3) is 0.238. The van der Waals surface area contributed by atoms with Crippen LogP contribution in [0.2, 0.25) is 0 Å². The number of imide groups is 1. The van der Waals surface area contributed by atoms with Gasteiger partial charge < -0.3 is 0 Å². The number of amides is 2. The summed E-state index contributed by atoms with van der Waals surface area (Å²) in [4.78, 5) is 27.0. The van der Waals surface area contributed by atoms with E-state index >= 15 is 0 Å². The Balaban J connectivity index is 1.38. The molecule has 0 spiro atoms. The molecule has 1 saturated carbocycles. The molecule has 2 bridgehead atoms. The molecule has 3 aliphatic rings. The van der Waals surface area contributed by atoms with E-state index in [1.165, 1.54) is 4.90 Å². The lowest BCUT2D eigenvalue weighted by Crippen LogP contribution is -2.32. The van der Waals surface area contributed by atoms with Crippen molar-refractivity contribution in [3.63, 3.8) is 0 Å². The maximum atomic E-state index is 12.8. The van der Waals surface area contributed by atoms with Crippen molar-refractivity contribution in [2.24, 2.45) is 33.9 Å². The van der Waals surface area contributed by atoms with Crippen molar-refractivity contribution >= 4 is 28.9 Å². The number of hydrogen-bond acceptors (Lipinski definition) is 4. The van der Waals surface area contributed by atoms with E-state index in [-0.39, 0.29) is 35.5 Å². The molecule has 5 heteroatoms. The quantitative estimate of drug-likeness (QED) is 0.471. The van der Waals surface area contributed by atoms with Crippen LogP contribution in [0.1, 0.15) is 6.42 Å². The molecule has 0 radical (unpaired) electrons. The van der Waals surface area contributed by atoms with Crippen LogP contribution >= 0.6 is 0 Å². The first-order valence-electron chi connectivity index (χ1n) is 8.85. The summed E-state index contributed by atoms with van der Waals surface area (Å²) < 4.78 is 0. The number of rotatable bonds is 3. The zero-order valence-electron chi connectivity index (χ0n) is 14.0. The van der Waals surface area contributed by atoms with Crippen LogP contribution < -0.4 is 4.90 Å². The fourth-order valence-corrected chi connectivity index (χ4v) is 4.44. The summed E-state index contributed by atoms with van der Waals surface area (Å²) in [6, 6.07) is 16.6. The van der Waals surface area contributed by atoms with Gasteiger partial charge in [-0.15, -0.1) is 0 Å². The second kappa shape index (κ2) is 5.73. The number of azo groups is 1. The number of anilines is 1. The maximum absolute atomic E-state index is 12.8. The first-order valence-corrected chi connectivity index (χ1v) is 8.85. The first kappa shape index (κ1) is 15.2. The molecule has 2 fully saturated rings. The number of allylic oxidation sites excluding steroid dienone is 2. The summed E-state index contributed by atoms with van der Waals surface area (Å²) >= 11 is 0. The molecular formula is C21H17N3O2. The highest BCUT2D eigenvalue weighted by Crippen LogP contribution is 2.53. The van der Waals surface area contributed by atoms with Crippen LogP contribution in [0.5, 0.6) is 0 Å². The van der Waals surface area contributed by atoms with Crippen LogP contribution in [0.3, 0.4) is 0 Å². The molecule has 2 aromatic rings. The summed E-state index contributed by atoms with van der Waals surface area (Å²) in [6.45, 7) is 0. The molecule has 0 N–H and O–H groups in total. The highest BCUT2D eigenvalue weighted by Gasteiger charge is 2.59. The summed E-state index contributed by atoms with van der Waals surface area (Å²) in [7, 11) is 0. The normalized spacial score (nSPS) is 29.2. The van der Waals surface area contributed by atoms with Crippen molar-refractivity contribution in [1.29, 1.82) is 0 Å². The van der Waals surface area contributed by atoms with Gasteiger partial charge in [0.2, 0.25) is 11.8 Å². The number of carbonyl (C=O) groups excluding carboxylic acids is 2. The van der Waals surface area contributed by atoms with Crippen LogP contribution in [0.15, 0.2) is 77.0 Å². The Kier molecular flexibility index (Phi) is 3.35. The molecule has 1 heterocycles. The molecule has 2 aliphatic carbocycles. The van der Waals surface area contributed by atoms with Crippen molar-refractivity contribution in [3.05, 3.63) is 66.7 Å². The monoisotopic (exact) mass is 343 g/mol. The second-order valence-electron chi connectivity index (χ2n) is 7.06. The van der Waals surface area contributed by atoms with Gasteiger partial charge in [0.15, 0.2) is 0 Å². The average Bonchev–Trinajstić information content (AvgIpc) is 3.35. The van der Waals surface area contributed by atoms with Gasteiger partial charge in [-0.2, -0.15) is 10.2 Å². The molecule has 0 unspecified atom stereocenters. The Hall–Kier alpha value is -3.08. The molecule has 4 atom stereocenters. The average molecular weight is 343 g/mol. The van der Waals surface area contributed by atoms with Gasteiger partial charge in [0.1, 0.15) is 0 Å². The second-order valence-corrected chi connectivity index (χ2v) is 7.06. The number of benzene rings is 2. The van der Waals surface area contributed by atoms with E-state index < -0.39 is 0 Å². The van der Waals surface area contributed by atoms with E-state index in [2.05, 4.69) is 22.4 Å². The lowest BCUT2D eigenvalue weighted by molar-refractivity contribution is -0.123. The Labute approximate surface area is 151 Å². The van der Waals surface area contributed by atoms with Gasteiger partial charge >= 0.3 is 0 Å². The number of fused-ring (bicyclic) bond motifs is 5. The molecule has 26 heavy (non-hydrogen) atoms. The van der Waals surface area contributed by atoms with Gasteiger partial charge in [-0.1, -0.05) is 30.4 Å². The molecule has 5 rings (SSSR count). The van der Waals surface area contributed by atoms with Crippen LogP contribution in [-0.4, -0.2) is 11.8 Å². The fourth-order valence-electron chi connectivity index (χ4n) is 4.44. The number of nitrogens with zero attached hydrogens (tertiary/aromatic N) is 3. The SMILES string of the molecule is O=C1[C@H]2[C@H](C(=O)N1c1ccc(N=Nc3ccccc3)cc1)[C@H]1C=C[C@H]2C1. The third-order valence-corrected chi connectivity index (χ3v) is 5.62. The molecule has 2 aromatic carbocycles. The number of carbonyl (C=O) groups is 2. The Morgan fingerprint density at radius 2 is 1.27 bits per heavy atom. The smallest absolute Gasteiger partial charge is 0.238 e. The topological polar surface area (TPSA) is 62.1 Å². The van der Waals surface area contributed by atoms with Crippen molar-refractivity contribution in [2.75, 3.05) is 4.90 Å². The zero-order valence-corrected chi connectivity index (χ0v) is 14.0. The van der Waals surface area contributed by atoms with E-state index in [1.807, 2.05) is 30.3 Å². The van der Waals surface area contributed by atoms with E-state index in [4.69, 9.17) is 0 Å². The molecule has 5 nitrogen and oxygen atoms in total. The number of hydrogen-bond donors (Lipinski definition) is 0. The highest BCUT2D eigenvalue weighted by molar-refractivity contribution is 6.22. The van der Waals surface area contributed by atoms with Crippen LogP contribution in [0.25, 0.3) is 0 Å².